The zero-order valence-corrected chi connectivity index (χ0v) is 11.4. The maximum atomic E-state index is 5.72. The van der Waals surface area contributed by atoms with Crippen molar-refractivity contribution >= 4 is 5.95 Å². The van der Waals surface area contributed by atoms with E-state index < -0.39 is 0 Å². The molecule has 0 saturated carbocycles. The number of imidazole rings is 1. The van der Waals surface area contributed by atoms with Crippen molar-refractivity contribution in [3.05, 3.63) is 41.7 Å². The minimum absolute atomic E-state index is 0.275. The summed E-state index contributed by atoms with van der Waals surface area (Å²) < 4.78 is 7.89. The highest BCUT2D eigenvalue weighted by molar-refractivity contribution is 5.43. The van der Waals surface area contributed by atoms with E-state index in [0.29, 0.717) is 6.61 Å². The molecular formula is C15H19N3O. The van der Waals surface area contributed by atoms with Gasteiger partial charge in [0.05, 0.1) is 18.3 Å². The van der Waals surface area contributed by atoms with Crippen molar-refractivity contribution in [2.24, 2.45) is 0 Å². The second-order valence-electron chi connectivity index (χ2n) is 4.86. The Bertz CT molecular complexity index is 577. The van der Waals surface area contributed by atoms with E-state index in [9.17, 15) is 0 Å². The third kappa shape index (κ3) is 2.30. The van der Waals surface area contributed by atoms with Gasteiger partial charge in [0.15, 0.2) is 0 Å². The molecule has 0 saturated heterocycles. The number of fused-ring (bicyclic) bond motifs is 1. The first kappa shape index (κ1) is 12.1. The Morgan fingerprint density at radius 1 is 1.42 bits per heavy atom. The number of benzene rings is 1. The fourth-order valence-electron chi connectivity index (χ4n) is 2.62. The van der Waals surface area contributed by atoms with Crippen LogP contribution >= 0.6 is 0 Å². The summed E-state index contributed by atoms with van der Waals surface area (Å²) in [6.07, 6.45) is 3.14. The Balaban J connectivity index is 1.88. The maximum Gasteiger partial charge on any atom is 0.203 e. The number of nitrogens with one attached hydrogen (secondary N) is 1. The fourth-order valence-corrected chi connectivity index (χ4v) is 2.62. The Kier molecular flexibility index (Phi) is 3.15. The summed E-state index contributed by atoms with van der Waals surface area (Å²) in [5, 5.41) is 3.50. The van der Waals surface area contributed by atoms with Crippen LogP contribution in [0, 0.1) is 6.92 Å². The van der Waals surface area contributed by atoms with Gasteiger partial charge in [-0.2, -0.15) is 0 Å². The summed E-state index contributed by atoms with van der Waals surface area (Å²) in [7, 11) is 0. The molecule has 1 aliphatic rings. The van der Waals surface area contributed by atoms with Crippen LogP contribution in [0.3, 0.4) is 0 Å². The monoisotopic (exact) mass is 257 g/mol. The van der Waals surface area contributed by atoms with Gasteiger partial charge >= 0.3 is 0 Å². The number of anilines is 1. The molecule has 1 unspecified atom stereocenters. The number of para-hydroxylation sites is 1. The van der Waals surface area contributed by atoms with Gasteiger partial charge < -0.3 is 14.6 Å². The van der Waals surface area contributed by atoms with E-state index in [2.05, 4.69) is 33.2 Å². The van der Waals surface area contributed by atoms with Gasteiger partial charge in [0.25, 0.3) is 0 Å². The van der Waals surface area contributed by atoms with Crippen LogP contribution in [0.4, 0.5) is 5.95 Å². The molecule has 2 heterocycles. The SMILES string of the molecule is CCOc1ccccc1C1CCn2cc(C)nc2N1. The van der Waals surface area contributed by atoms with Gasteiger partial charge in [-0.05, 0) is 26.3 Å². The Morgan fingerprint density at radius 2 is 2.26 bits per heavy atom. The topological polar surface area (TPSA) is 39.1 Å². The Labute approximate surface area is 113 Å². The van der Waals surface area contributed by atoms with E-state index in [-0.39, 0.29) is 6.04 Å². The smallest absolute Gasteiger partial charge is 0.203 e. The standard InChI is InChI=1S/C15H19N3O/c1-3-19-14-7-5-4-6-12(14)13-8-9-18-10-11(2)16-15(18)17-13/h4-7,10,13H,3,8-9H2,1-2H3,(H,16,17). The summed E-state index contributed by atoms with van der Waals surface area (Å²) in [6, 6.07) is 8.52. The molecule has 0 bridgehead atoms. The van der Waals surface area contributed by atoms with Crippen LogP contribution in [0.25, 0.3) is 0 Å². The predicted octanol–water partition coefficient (Wildman–Crippen LogP) is 3.15. The molecule has 2 aromatic rings. The molecule has 0 amide bonds. The van der Waals surface area contributed by atoms with Crippen LogP contribution in [0.5, 0.6) is 5.75 Å². The lowest BCUT2D eigenvalue weighted by molar-refractivity contribution is 0.333. The molecule has 0 fully saturated rings. The predicted molar refractivity (Wildman–Crippen MR) is 75.6 cm³/mol. The minimum atomic E-state index is 0.275. The van der Waals surface area contributed by atoms with Gasteiger partial charge in [-0.1, -0.05) is 18.2 Å². The number of aryl methyl sites for hydroxylation is 2. The van der Waals surface area contributed by atoms with Crippen molar-refractivity contribution in [2.45, 2.75) is 32.9 Å². The average Bonchev–Trinajstić information content (AvgIpc) is 2.79. The highest BCUT2D eigenvalue weighted by Gasteiger charge is 2.22. The zero-order chi connectivity index (χ0) is 13.2. The van der Waals surface area contributed by atoms with Crippen molar-refractivity contribution in [3.63, 3.8) is 0 Å². The van der Waals surface area contributed by atoms with Crippen molar-refractivity contribution in [1.29, 1.82) is 0 Å². The molecule has 0 radical (unpaired) electrons. The second kappa shape index (κ2) is 4.96. The van der Waals surface area contributed by atoms with Crippen LogP contribution in [-0.2, 0) is 6.54 Å². The van der Waals surface area contributed by atoms with Crippen molar-refractivity contribution in [3.8, 4) is 5.75 Å². The van der Waals surface area contributed by atoms with Crippen LogP contribution in [0.15, 0.2) is 30.5 Å². The van der Waals surface area contributed by atoms with Crippen LogP contribution in [0.2, 0.25) is 0 Å². The van der Waals surface area contributed by atoms with E-state index in [4.69, 9.17) is 4.74 Å². The first-order valence-corrected chi connectivity index (χ1v) is 6.80. The highest BCUT2D eigenvalue weighted by Crippen LogP contribution is 2.33. The number of aromatic nitrogens is 2. The van der Waals surface area contributed by atoms with Crippen LogP contribution in [0.1, 0.15) is 30.6 Å². The Hall–Kier alpha value is -1.97. The number of nitrogens with zero attached hydrogens (tertiary/aromatic N) is 2. The molecule has 1 atom stereocenters. The third-order valence-electron chi connectivity index (χ3n) is 3.45. The molecule has 1 aliphatic heterocycles. The lowest BCUT2D eigenvalue weighted by Crippen LogP contribution is -2.22. The van der Waals surface area contributed by atoms with Crippen molar-refractivity contribution in [2.75, 3.05) is 11.9 Å². The van der Waals surface area contributed by atoms with Gasteiger partial charge in [-0.3, -0.25) is 0 Å². The van der Waals surface area contributed by atoms with Crippen molar-refractivity contribution in [1.82, 2.24) is 9.55 Å². The molecule has 100 valence electrons. The molecular weight excluding hydrogens is 238 g/mol. The van der Waals surface area contributed by atoms with E-state index in [1.807, 2.05) is 26.0 Å². The van der Waals surface area contributed by atoms with Gasteiger partial charge in [-0.25, -0.2) is 4.98 Å². The molecule has 19 heavy (non-hydrogen) atoms. The maximum absolute atomic E-state index is 5.72. The quantitative estimate of drug-likeness (QED) is 0.918. The Morgan fingerprint density at radius 3 is 3.11 bits per heavy atom. The van der Waals surface area contributed by atoms with Crippen LogP contribution in [-0.4, -0.2) is 16.2 Å². The molecule has 1 N–H and O–H groups in total. The molecule has 3 rings (SSSR count). The molecule has 0 spiro atoms. The summed E-state index contributed by atoms with van der Waals surface area (Å²) >= 11 is 0. The number of hydrogen-bond acceptors (Lipinski definition) is 3. The lowest BCUT2D eigenvalue weighted by Gasteiger charge is -2.27. The van der Waals surface area contributed by atoms with Gasteiger partial charge in [0.1, 0.15) is 5.75 Å². The fraction of sp³-hybridized carbons (Fsp3) is 0.400. The first-order chi connectivity index (χ1) is 9.28. The highest BCUT2D eigenvalue weighted by atomic mass is 16.5. The largest absolute Gasteiger partial charge is 0.494 e. The van der Waals surface area contributed by atoms with Crippen LogP contribution < -0.4 is 10.1 Å². The molecule has 4 nitrogen and oxygen atoms in total. The molecule has 1 aromatic carbocycles. The second-order valence-corrected chi connectivity index (χ2v) is 4.86. The third-order valence-corrected chi connectivity index (χ3v) is 3.45. The summed E-state index contributed by atoms with van der Waals surface area (Å²) in [5.41, 5.74) is 2.28. The van der Waals surface area contributed by atoms with Gasteiger partial charge in [0, 0.05) is 18.3 Å². The first-order valence-electron chi connectivity index (χ1n) is 6.80. The normalized spacial score (nSPS) is 17.7. The van der Waals surface area contributed by atoms with Crippen molar-refractivity contribution < 1.29 is 4.74 Å². The minimum Gasteiger partial charge on any atom is -0.494 e. The van der Waals surface area contributed by atoms with E-state index in [0.717, 1.165) is 30.4 Å². The number of ether oxygens (including phenoxy) is 1. The molecule has 0 aliphatic carbocycles. The molecule has 4 heteroatoms. The zero-order valence-electron chi connectivity index (χ0n) is 11.4. The summed E-state index contributed by atoms with van der Waals surface area (Å²) in [5.74, 6) is 1.93. The van der Waals surface area contributed by atoms with E-state index in [1.54, 1.807) is 0 Å². The van der Waals surface area contributed by atoms with E-state index in [1.165, 1.54) is 5.56 Å². The van der Waals surface area contributed by atoms with Gasteiger partial charge in [-0.15, -0.1) is 0 Å². The summed E-state index contributed by atoms with van der Waals surface area (Å²) in [6.45, 7) is 5.73. The lowest BCUT2D eigenvalue weighted by atomic mass is 10.0. The molecule has 1 aromatic heterocycles. The summed E-state index contributed by atoms with van der Waals surface area (Å²) in [4.78, 5) is 4.51. The number of rotatable bonds is 3. The van der Waals surface area contributed by atoms with Gasteiger partial charge in [0.2, 0.25) is 5.95 Å². The number of hydrogen-bond donors (Lipinski definition) is 1. The average molecular weight is 257 g/mol. The van der Waals surface area contributed by atoms with E-state index >= 15 is 0 Å².